The van der Waals surface area contributed by atoms with E-state index in [-0.39, 0.29) is 63.8 Å². The Morgan fingerprint density at radius 2 is 1.62 bits per heavy atom. The molecule has 0 aromatic heterocycles. The zero-order valence-corrected chi connectivity index (χ0v) is 12.1. The molecule has 0 aliphatic heterocycles. The quantitative estimate of drug-likeness (QED) is 0.256. The van der Waals surface area contributed by atoms with Crippen LogP contribution in [0.5, 0.6) is 0 Å². The van der Waals surface area contributed by atoms with Gasteiger partial charge in [0.1, 0.15) is 5.75 Å². The summed E-state index contributed by atoms with van der Waals surface area (Å²) in [5.74, 6) is -0.750. The van der Waals surface area contributed by atoms with Crippen LogP contribution in [0.4, 0.5) is 0 Å². The molecule has 0 radical (unpaired) electrons. The van der Waals surface area contributed by atoms with Gasteiger partial charge in [-0.3, -0.25) is 9.45 Å². The van der Waals surface area contributed by atoms with Gasteiger partial charge in [0.25, 0.3) is 10.1 Å². The Hall–Kier alpha value is 0.750. The van der Waals surface area contributed by atoms with Gasteiger partial charge in [0, 0.05) is 19.6 Å². The first kappa shape index (κ1) is 19.1. The Bertz CT molecular complexity index is 259. The molecule has 0 rings (SSSR count). The van der Waals surface area contributed by atoms with Gasteiger partial charge in [-0.1, -0.05) is 0 Å². The molecule has 1 atom stereocenters. The van der Waals surface area contributed by atoms with Crippen molar-refractivity contribution in [3.05, 3.63) is 0 Å². The van der Waals surface area contributed by atoms with Gasteiger partial charge in [0.15, 0.2) is 0 Å². The molecule has 7 nitrogen and oxygen atoms in total. The molecule has 0 aliphatic carbocycles. The number of hydrogen-bond acceptors (Lipinski definition) is 6. The minimum atomic E-state index is -4.20. The van der Waals surface area contributed by atoms with Crippen LogP contribution >= 0.6 is 0 Å². The number of aliphatic hydroxyl groups excluding tert-OH is 3. The predicted octanol–water partition coefficient (Wildman–Crippen LogP) is -5.36. The summed E-state index contributed by atoms with van der Waals surface area (Å²) in [6.45, 7) is 0.115. The molecule has 0 heterocycles. The molecule has 0 saturated heterocycles. The molecule has 0 amide bonds. The standard InChI is InChI=1S/C7H17NO6S.Na.H/c9-3-1-8(2-4-10)5-7(11)6-15(12,13)14;;/h7,9-11H,1-6H2,(H,12,13,14);;/q;+1;-1. The Labute approximate surface area is 119 Å². The molecule has 0 fully saturated rings. The summed E-state index contributed by atoms with van der Waals surface area (Å²) < 4.78 is 29.3. The summed E-state index contributed by atoms with van der Waals surface area (Å²) in [4.78, 5) is 1.50. The van der Waals surface area contributed by atoms with Crippen LogP contribution in [0.1, 0.15) is 1.43 Å². The maximum absolute atomic E-state index is 10.4. The third-order valence-electron chi connectivity index (χ3n) is 1.70. The van der Waals surface area contributed by atoms with Crippen LogP contribution in [-0.2, 0) is 10.1 Å². The van der Waals surface area contributed by atoms with E-state index in [9.17, 15) is 13.5 Å². The topological polar surface area (TPSA) is 118 Å². The second-order valence-electron chi connectivity index (χ2n) is 3.15. The average molecular weight is 267 g/mol. The third kappa shape index (κ3) is 11.2. The van der Waals surface area contributed by atoms with Crippen molar-refractivity contribution in [1.82, 2.24) is 4.90 Å². The molecule has 0 spiro atoms. The smallest absolute Gasteiger partial charge is 1.00 e. The van der Waals surface area contributed by atoms with Crippen molar-refractivity contribution in [2.24, 2.45) is 0 Å². The van der Waals surface area contributed by atoms with Gasteiger partial charge in [-0.05, 0) is 0 Å². The van der Waals surface area contributed by atoms with Crippen molar-refractivity contribution in [3.63, 3.8) is 0 Å². The Morgan fingerprint density at radius 1 is 1.19 bits per heavy atom. The van der Waals surface area contributed by atoms with Gasteiger partial charge in [0.05, 0.1) is 19.3 Å². The van der Waals surface area contributed by atoms with Gasteiger partial charge in [-0.2, -0.15) is 8.42 Å². The van der Waals surface area contributed by atoms with Crippen molar-refractivity contribution < 1.29 is 59.3 Å². The van der Waals surface area contributed by atoms with Crippen LogP contribution < -0.4 is 29.6 Å². The molecule has 4 N–H and O–H groups in total. The van der Waals surface area contributed by atoms with Crippen LogP contribution in [0.3, 0.4) is 0 Å². The normalized spacial score (nSPS) is 13.6. The minimum Gasteiger partial charge on any atom is -1.00 e. The van der Waals surface area contributed by atoms with Gasteiger partial charge in [-0.25, -0.2) is 0 Å². The average Bonchev–Trinajstić information content (AvgIpc) is 2.00. The van der Waals surface area contributed by atoms with Crippen molar-refractivity contribution in [2.75, 3.05) is 38.6 Å². The van der Waals surface area contributed by atoms with Crippen LogP contribution in [0, 0.1) is 0 Å². The summed E-state index contributed by atoms with van der Waals surface area (Å²) >= 11 is 0. The summed E-state index contributed by atoms with van der Waals surface area (Å²) in [6.07, 6.45) is -1.24. The molecule has 0 aromatic carbocycles. The molecular weight excluding hydrogens is 249 g/mol. The first-order chi connectivity index (χ1) is 6.89. The first-order valence-electron chi connectivity index (χ1n) is 4.46. The van der Waals surface area contributed by atoms with E-state index in [0.717, 1.165) is 0 Å². The fraction of sp³-hybridized carbons (Fsp3) is 1.00. The summed E-state index contributed by atoms with van der Waals surface area (Å²) in [5, 5.41) is 26.5. The molecule has 9 heteroatoms. The van der Waals surface area contributed by atoms with E-state index in [4.69, 9.17) is 14.8 Å². The summed E-state index contributed by atoms with van der Waals surface area (Å²) in [5.41, 5.74) is 0. The van der Waals surface area contributed by atoms with Crippen LogP contribution in [0.25, 0.3) is 0 Å². The van der Waals surface area contributed by atoms with E-state index >= 15 is 0 Å². The van der Waals surface area contributed by atoms with Crippen molar-refractivity contribution in [1.29, 1.82) is 0 Å². The maximum Gasteiger partial charge on any atom is 1.00 e. The Balaban J connectivity index is -0.000000980. The molecule has 0 saturated carbocycles. The molecule has 1 unspecified atom stereocenters. The molecule has 0 aromatic rings. The fourth-order valence-electron chi connectivity index (χ4n) is 1.17. The van der Waals surface area contributed by atoms with Crippen LogP contribution in [-0.4, -0.2) is 77.9 Å². The fourth-order valence-corrected chi connectivity index (χ4v) is 1.76. The summed E-state index contributed by atoms with van der Waals surface area (Å²) in [6, 6.07) is 0. The van der Waals surface area contributed by atoms with Crippen molar-refractivity contribution in [3.8, 4) is 0 Å². The minimum absolute atomic E-state index is 0. The van der Waals surface area contributed by atoms with E-state index in [1.165, 1.54) is 4.90 Å². The number of rotatable bonds is 8. The van der Waals surface area contributed by atoms with Gasteiger partial charge in [0.2, 0.25) is 0 Å². The van der Waals surface area contributed by atoms with Gasteiger partial charge in [-0.15, -0.1) is 0 Å². The van der Waals surface area contributed by atoms with E-state index in [1.807, 2.05) is 0 Å². The van der Waals surface area contributed by atoms with E-state index in [0.29, 0.717) is 0 Å². The molecule has 16 heavy (non-hydrogen) atoms. The second-order valence-corrected chi connectivity index (χ2v) is 4.65. The zero-order valence-electron chi connectivity index (χ0n) is 10.3. The Kier molecular flexibility index (Phi) is 11.6. The largest absolute Gasteiger partial charge is 1.00 e. The van der Waals surface area contributed by atoms with Crippen LogP contribution in [0.2, 0.25) is 0 Å². The van der Waals surface area contributed by atoms with E-state index < -0.39 is 22.0 Å². The molecule has 0 bridgehead atoms. The van der Waals surface area contributed by atoms with Crippen molar-refractivity contribution in [2.45, 2.75) is 6.10 Å². The molecule has 0 aliphatic rings. The van der Waals surface area contributed by atoms with Crippen LogP contribution in [0.15, 0.2) is 0 Å². The maximum atomic E-state index is 10.4. The second kappa shape index (κ2) is 9.75. The zero-order chi connectivity index (χ0) is 11.9. The third-order valence-corrected chi connectivity index (χ3v) is 2.51. The number of aliphatic hydroxyl groups is 3. The SMILES string of the molecule is O=S(=O)(O)CC(O)CN(CCO)CCO.[H-].[Na+]. The first-order valence-corrected chi connectivity index (χ1v) is 6.07. The Morgan fingerprint density at radius 3 is 1.94 bits per heavy atom. The van der Waals surface area contributed by atoms with E-state index in [1.54, 1.807) is 0 Å². The molecule has 94 valence electrons. The number of hydrogen-bond donors (Lipinski definition) is 4. The van der Waals surface area contributed by atoms with E-state index in [2.05, 4.69) is 0 Å². The predicted molar refractivity (Wildman–Crippen MR) is 54.1 cm³/mol. The number of nitrogens with zero attached hydrogens (tertiary/aromatic N) is 1. The van der Waals surface area contributed by atoms with Crippen molar-refractivity contribution >= 4 is 10.1 Å². The monoisotopic (exact) mass is 267 g/mol. The molecular formula is C7H18NNaO6S. The summed E-state index contributed by atoms with van der Waals surface area (Å²) in [7, 11) is -4.20. The van der Waals surface area contributed by atoms with Gasteiger partial charge >= 0.3 is 29.6 Å². The van der Waals surface area contributed by atoms with Gasteiger partial charge < -0.3 is 16.7 Å².